The van der Waals surface area contributed by atoms with Crippen molar-refractivity contribution in [3.63, 3.8) is 0 Å². The number of anilines is 1. The van der Waals surface area contributed by atoms with E-state index in [1.54, 1.807) is 7.11 Å². The maximum absolute atomic E-state index is 13.3. The minimum Gasteiger partial charge on any atom is -0.496 e. The number of likely N-dealkylation sites (tertiary alicyclic amines) is 2. The Balaban J connectivity index is 1.63. The Morgan fingerprint density at radius 3 is 2.62 bits per heavy atom. The minimum atomic E-state index is -0.515. The molecule has 0 aliphatic carbocycles. The van der Waals surface area contributed by atoms with Gasteiger partial charge in [-0.15, -0.1) is 0 Å². The average Bonchev–Trinajstić information content (AvgIpc) is 3.57. The summed E-state index contributed by atoms with van der Waals surface area (Å²) in [5.41, 5.74) is 9.88. The first-order valence-corrected chi connectivity index (χ1v) is 13.9. The van der Waals surface area contributed by atoms with E-state index in [0.29, 0.717) is 43.4 Å². The third-order valence-electron chi connectivity index (χ3n) is 8.24. The predicted molar refractivity (Wildman–Crippen MR) is 154 cm³/mol. The Labute approximate surface area is 231 Å². The van der Waals surface area contributed by atoms with Gasteiger partial charge in [0.1, 0.15) is 5.75 Å². The fourth-order valence-corrected chi connectivity index (χ4v) is 6.12. The van der Waals surface area contributed by atoms with Gasteiger partial charge in [-0.2, -0.15) is 0 Å². The predicted octanol–water partition coefficient (Wildman–Crippen LogP) is 2.31. The van der Waals surface area contributed by atoms with Gasteiger partial charge in [0.15, 0.2) is 0 Å². The fourth-order valence-electron chi connectivity index (χ4n) is 6.12. The molecule has 2 unspecified atom stereocenters. The lowest BCUT2D eigenvalue weighted by Crippen LogP contribution is -2.44. The highest BCUT2D eigenvalue weighted by molar-refractivity contribution is 5.97. The molecule has 2 aliphatic heterocycles. The van der Waals surface area contributed by atoms with Gasteiger partial charge in [-0.3, -0.25) is 19.4 Å². The van der Waals surface area contributed by atoms with Crippen molar-refractivity contribution >= 4 is 17.5 Å². The second-order valence-electron chi connectivity index (χ2n) is 10.8. The van der Waals surface area contributed by atoms with Gasteiger partial charge in [-0.1, -0.05) is 25.1 Å². The normalized spacial score (nSPS) is 21.7. The number of nitrogens with zero attached hydrogens (tertiary/aromatic N) is 3. The van der Waals surface area contributed by atoms with Gasteiger partial charge in [0.25, 0.3) is 5.91 Å². The van der Waals surface area contributed by atoms with Crippen molar-refractivity contribution in [2.45, 2.75) is 44.8 Å². The second kappa shape index (κ2) is 12.8. The zero-order valence-electron chi connectivity index (χ0n) is 23.7. The quantitative estimate of drug-likeness (QED) is 0.403. The number of methoxy groups -OCH3 is 1. The molecule has 212 valence electrons. The molecule has 2 aromatic rings. The summed E-state index contributed by atoms with van der Waals surface area (Å²) >= 11 is 0. The summed E-state index contributed by atoms with van der Waals surface area (Å²) in [6.07, 6.45) is 2.99. The standard InChI is InChI=1S/C30H43N5O4/c1-5-34-12-7-9-24(34)17-32-30(38)23-14-22(15-25(16-23)33(2)3)26-10-6-8-20(28(26)39-4)18-35-13-11-21(19-36)27(35)29(31)37/h6,8,10,14-16,21,24,27,36H,5,7,9,11-13,17-19H2,1-4H3,(H2,31,37)(H,32,38)/t21?,24?,27-/m0/s1. The number of para-hydroxylation sites is 1. The molecule has 9 nitrogen and oxygen atoms in total. The van der Waals surface area contributed by atoms with E-state index in [0.717, 1.165) is 41.9 Å². The number of primary amides is 1. The maximum atomic E-state index is 13.3. The first kappa shape index (κ1) is 28.9. The Bertz CT molecular complexity index is 1170. The van der Waals surface area contributed by atoms with Gasteiger partial charge < -0.3 is 25.8 Å². The number of nitrogens with one attached hydrogen (secondary N) is 1. The van der Waals surface area contributed by atoms with Crippen molar-refractivity contribution in [3.05, 3.63) is 47.5 Å². The number of aliphatic hydroxyl groups is 1. The van der Waals surface area contributed by atoms with Crippen molar-refractivity contribution in [1.29, 1.82) is 0 Å². The maximum Gasteiger partial charge on any atom is 0.251 e. The number of likely N-dealkylation sites (N-methyl/N-ethyl adjacent to an activating group) is 1. The molecule has 0 saturated carbocycles. The van der Waals surface area contributed by atoms with Crippen molar-refractivity contribution in [2.75, 3.05) is 58.9 Å². The lowest BCUT2D eigenvalue weighted by Gasteiger charge is -2.26. The van der Waals surface area contributed by atoms with Gasteiger partial charge >= 0.3 is 0 Å². The number of ether oxygens (including phenoxy) is 1. The number of hydrogen-bond acceptors (Lipinski definition) is 7. The highest BCUT2D eigenvalue weighted by atomic mass is 16.5. The molecule has 0 bridgehead atoms. The van der Waals surface area contributed by atoms with Crippen molar-refractivity contribution in [2.24, 2.45) is 11.7 Å². The molecule has 0 spiro atoms. The molecule has 2 fully saturated rings. The summed E-state index contributed by atoms with van der Waals surface area (Å²) < 4.78 is 5.92. The van der Waals surface area contributed by atoms with Gasteiger partial charge in [0.05, 0.1) is 13.2 Å². The molecule has 3 atom stereocenters. The lowest BCUT2D eigenvalue weighted by atomic mass is 9.97. The van der Waals surface area contributed by atoms with E-state index >= 15 is 0 Å². The summed E-state index contributed by atoms with van der Waals surface area (Å²) in [5, 5.41) is 12.9. The van der Waals surface area contributed by atoms with Crippen molar-refractivity contribution in [1.82, 2.24) is 15.1 Å². The topological polar surface area (TPSA) is 111 Å². The monoisotopic (exact) mass is 537 g/mol. The number of rotatable bonds is 11. The molecule has 2 heterocycles. The number of amides is 2. The molecule has 4 N–H and O–H groups in total. The van der Waals surface area contributed by atoms with E-state index in [2.05, 4.69) is 23.2 Å². The average molecular weight is 538 g/mol. The van der Waals surface area contributed by atoms with Gasteiger partial charge in [0.2, 0.25) is 5.91 Å². The highest BCUT2D eigenvalue weighted by Gasteiger charge is 2.38. The van der Waals surface area contributed by atoms with Crippen LogP contribution in [-0.4, -0.2) is 92.8 Å². The van der Waals surface area contributed by atoms with Gasteiger partial charge in [-0.05, 0) is 62.7 Å². The van der Waals surface area contributed by atoms with Crippen LogP contribution in [0.2, 0.25) is 0 Å². The molecule has 2 amide bonds. The number of carbonyl (C=O) groups excluding carboxylic acids is 2. The van der Waals surface area contributed by atoms with Crippen LogP contribution in [-0.2, 0) is 11.3 Å². The van der Waals surface area contributed by atoms with E-state index in [4.69, 9.17) is 10.5 Å². The Hall–Kier alpha value is -3.14. The first-order valence-electron chi connectivity index (χ1n) is 13.9. The lowest BCUT2D eigenvalue weighted by molar-refractivity contribution is -0.124. The molecular weight excluding hydrogens is 494 g/mol. The first-order chi connectivity index (χ1) is 18.8. The third kappa shape index (κ3) is 6.37. The minimum absolute atomic E-state index is 0.0688. The van der Waals surface area contributed by atoms with Crippen LogP contribution in [0.4, 0.5) is 5.69 Å². The summed E-state index contributed by atoms with van der Waals surface area (Å²) in [6, 6.07) is 11.7. The summed E-state index contributed by atoms with van der Waals surface area (Å²) in [4.78, 5) is 31.9. The zero-order valence-corrected chi connectivity index (χ0v) is 23.7. The van der Waals surface area contributed by atoms with Crippen molar-refractivity contribution < 1.29 is 19.4 Å². The number of carbonyl (C=O) groups is 2. The smallest absolute Gasteiger partial charge is 0.251 e. The van der Waals surface area contributed by atoms with Gasteiger partial charge in [0, 0.05) is 68.1 Å². The van der Waals surface area contributed by atoms with Gasteiger partial charge in [-0.25, -0.2) is 0 Å². The van der Waals surface area contributed by atoms with E-state index < -0.39 is 11.9 Å². The third-order valence-corrected chi connectivity index (χ3v) is 8.24. The van der Waals surface area contributed by atoms with E-state index in [1.165, 1.54) is 6.42 Å². The number of nitrogens with two attached hydrogens (primary N) is 1. The van der Waals surface area contributed by atoms with Crippen LogP contribution in [0.5, 0.6) is 5.75 Å². The zero-order chi connectivity index (χ0) is 28.1. The Morgan fingerprint density at radius 2 is 1.95 bits per heavy atom. The second-order valence-corrected chi connectivity index (χ2v) is 10.8. The number of aliphatic hydroxyl groups excluding tert-OH is 1. The van der Waals surface area contributed by atoms with Crippen molar-refractivity contribution in [3.8, 4) is 16.9 Å². The van der Waals surface area contributed by atoms with E-state index in [9.17, 15) is 14.7 Å². The number of benzene rings is 2. The van der Waals surface area contributed by atoms with E-state index in [-0.39, 0.29) is 18.4 Å². The van der Waals surface area contributed by atoms with Crippen LogP contribution >= 0.6 is 0 Å². The highest BCUT2D eigenvalue weighted by Crippen LogP contribution is 2.37. The Morgan fingerprint density at radius 1 is 1.15 bits per heavy atom. The molecule has 2 aliphatic rings. The summed E-state index contributed by atoms with van der Waals surface area (Å²) in [6.45, 7) is 5.96. The molecule has 9 heteroatoms. The molecule has 0 radical (unpaired) electrons. The SMILES string of the molecule is CCN1CCCC1CNC(=O)c1cc(-c2cccc(CN3CCC(CO)[C@H]3C(N)=O)c2OC)cc(N(C)C)c1. The van der Waals surface area contributed by atoms with Crippen LogP contribution in [0.3, 0.4) is 0 Å². The van der Waals surface area contributed by atoms with Crippen LogP contribution < -0.4 is 20.7 Å². The van der Waals surface area contributed by atoms with E-state index in [1.807, 2.05) is 54.2 Å². The summed E-state index contributed by atoms with van der Waals surface area (Å²) in [7, 11) is 5.56. The van der Waals surface area contributed by atoms with Crippen LogP contribution in [0.25, 0.3) is 11.1 Å². The summed E-state index contributed by atoms with van der Waals surface area (Å²) in [5.74, 6) is 0.0215. The largest absolute Gasteiger partial charge is 0.496 e. The molecule has 2 aromatic carbocycles. The molecule has 39 heavy (non-hydrogen) atoms. The molecular formula is C30H43N5O4. The van der Waals surface area contributed by atoms with Crippen LogP contribution in [0.1, 0.15) is 42.1 Å². The van der Waals surface area contributed by atoms with Crippen LogP contribution in [0.15, 0.2) is 36.4 Å². The fraction of sp³-hybridized carbons (Fsp3) is 0.533. The Kier molecular flexibility index (Phi) is 9.48. The molecule has 2 saturated heterocycles. The molecule has 4 rings (SSSR count). The van der Waals surface area contributed by atoms with Crippen LogP contribution in [0, 0.1) is 5.92 Å². The molecule has 0 aromatic heterocycles. The number of hydrogen-bond donors (Lipinski definition) is 3.